The van der Waals surface area contributed by atoms with Crippen LogP contribution in [-0.4, -0.2) is 36.9 Å². The number of hydrogen-bond donors (Lipinski definition) is 2. The van der Waals surface area contributed by atoms with Crippen LogP contribution in [0.3, 0.4) is 0 Å². The highest BCUT2D eigenvalue weighted by molar-refractivity contribution is 6.04. The third-order valence-electron chi connectivity index (χ3n) is 3.22. The van der Waals surface area contributed by atoms with Crippen LogP contribution in [0.25, 0.3) is 10.8 Å². The number of rotatable bonds is 4. The summed E-state index contributed by atoms with van der Waals surface area (Å²) in [6, 6.07) is 6.70. The first-order valence-electron chi connectivity index (χ1n) is 6.76. The van der Waals surface area contributed by atoms with Crippen molar-refractivity contribution >= 4 is 16.7 Å². The number of aromatic amines is 1. The van der Waals surface area contributed by atoms with Crippen LogP contribution >= 0.6 is 0 Å². The minimum absolute atomic E-state index is 0.165. The second-order valence-corrected chi connectivity index (χ2v) is 4.94. The van der Waals surface area contributed by atoms with E-state index in [1.165, 1.54) is 6.33 Å². The molecule has 0 unspecified atom stereocenters. The summed E-state index contributed by atoms with van der Waals surface area (Å²) in [7, 11) is 0. The average Bonchev–Trinajstić information content (AvgIpc) is 3.00. The molecule has 8 nitrogen and oxygen atoms in total. The number of carbonyl (C=O) groups excluding carboxylic acids is 1. The van der Waals surface area contributed by atoms with E-state index < -0.39 is 0 Å². The lowest BCUT2D eigenvalue weighted by molar-refractivity contribution is 0.0931. The monoisotopic (exact) mass is 298 g/mol. The van der Waals surface area contributed by atoms with Crippen LogP contribution in [0.4, 0.5) is 0 Å². The van der Waals surface area contributed by atoms with Crippen LogP contribution in [0.1, 0.15) is 17.4 Å². The maximum Gasteiger partial charge on any atom is 0.272 e. The molecule has 3 rings (SSSR count). The van der Waals surface area contributed by atoms with Gasteiger partial charge in [0.25, 0.3) is 11.5 Å². The summed E-state index contributed by atoms with van der Waals surface area (Å²) in [6.45, 7) is 2.35. The molecule has 8 heteroatoms. The number of nitrogens with zero attached hydrogens (tertiary/aromatic N) is 4. The van der Waals surface area contributed by atoms with E-state index in [2.05, 4.69) is 25.6 Å². The van der Waals surface area contributed by atoms with Gasteiger partial charge in [0.05, 0.1) is 11.9 Å². The number of carbonyl (C=O) groups is 1. The van der Waals surface area contributed by atoms with Crippen molar-refractivity contribution in [1.29, 1.82) is 0 Å². The van der Waals surface area contributed by atoms with Gasteiger partial charge in [0.1, 0.15) is 12.7 Å². The highest BCUT2D eigenvalue weighted by Crippen LogP contribution is 2.12. The van der Waals surface area contributed by atoms with Crippen LogP contribution in [0.15, 0.2) is 41.7 Å². The minimum atomic E-state index is -0.347. The van der Waals surface area contributed by atoms with Gasteiger partial charge in [-0.1, -0.05) is 18.2 Å². The Kier molecular flexibility index (Phi) is 3.65. The topological polar surface area (TPSA) is 106 Å². The summed E-state index contributed by atoms with van der Waals surface area (Å²) in [5.74, 6) is -0.347. The third-order valence-corrected chi connectivity index (χ3v) is 3.22. The molecule has 0 fully saturated rings. The van der Waals surface area contributed by atoms with E-state index >= 15 is 0 Å². The van der Waals surface area contributed by atoms with E-state index in [1.54, 1.807) is 35.3 Å². The lowest BCUT2D eigenvalue weighted by Gasteiger charge is -2.13. The zero-order valence-electron chi connectivity index (χ0n) is 11.9. The van der Waals surface area contributed by atoms with E-state index in [9.17, 15) is 9.59 Å². The molecule has 3 aromatic rings. The summed E-state index contributed by atoms with van der Waals surface area (Å²) >= 11 is 0. The second-order valence-electron chi connectivity index (χ2n) is 4.94. The Morgan fingerprint density at radius 2 is 2.14 bits per heavy atom. The van der Waals surface area contributed by atoms with Crippen molar-refractivity contribution in [3.63, 3.8) is 0 Å². The molecule has 1 aromatic carbocycles. The zero-order valence-corrected chi connectivity index (χ0v) is 11.9. The average molecular weight is 298 g/mol. The van der Waals surface area contributed by atoms with Gasteiger partial charge in [-0.15, -0.1) is 0 Å². The van der Waals surface area contributed by atoms with Gasteiger partial charge in [-0.2, -0.15) is 10.2 Å². The predicted molar refractivity (Wildman–Crippen MR) is 79.3 cm³/mol. The molecule has 2 heterocycles. The van der Waals surface area contributed by atoms with Crippen LogP contribution < -0.4 is 10.9 Å². The number of hydrogen-bond acceptors (Lipinski definition) is 5. The molecule has 1 atom stereocenters. The van der Waals surface area contributed by atoms with Gasteiger partial charge in [-0.05, 0) is 13.0 Å². The van der Waals surface area contributed by atoms with Crippen molar-refractivity contribution in [2.45, 2.75) is 19.5 Å². The number of H-pyrrole nitrogens is 1. The molecule has 0 spiro atoms. The summed E-state index contributed by atoms with van der Waals surface area (Å²) in [6.07, 6.45) is 3.02. The molecule has 0 aliphatic heterocycles. The SMILES string of the molecule is C[C@@H](Cn1cncn1)NC(=O)c1n[nH]c(=O)c2ccccc12. The third kappa shape index (κ3) is 2.71. The zero-order chi connectivity index (χ0) is 15.5. The standard InChI is InChI=1S/C14H14N6O2/c1-9(6-20-8-15-7-16-20)17-14(22)12-10-4-2-3-5-11(10)13(21)19-18-12/h2-5,7-9H,6H2,1H3,(H,17,22)(H,19,21)/t9-/m0/s1. The van der Waals surface area contributed by atoms with E-state index in [-0.39, 0.29) is 23.2 Å². The smallest absolute Gasteiger partial charge is 0.272 e. The number of amides is 1. The Morgan fingerprint density at radius 1 is 1.36 bits per heavy atom. The molecule has 22 heavy (non-hydrogen) atoms. The minimum Gasteiger partial charge on any atom is -0.346 e. The number of benzene rings is 1. The largest absolute Gasteiger partial charge is 0.346 e. The molecular weight excluding hydrogens is 284 g/mol. The fraction of sp³-hybridized carbons (Fsp3) is 0.214. The van der Waals surface area contributed by atoms with Crippen LogP contribution in [0.5, 0.6) is 0 Å². The van der Waals surface area contributed by atoms with Gasteiger partial charge in [-0.25, -0.2) is 10.1 Å². The lowest BCUT2D eigenvalue weighted by atomic mass is 10.1. The Bertz CT molecular complexity index is 855. The van der Waals surface area contributed by atoms with Crippen LogP contribution in [-0.2, 0) is 6.54 Å². The molecule has 0 radical (unpaired) electrons. The molecular formula is C14H14N6O2. The van der Waals surface area contributed by atoms with Crippen molar-refractivity contribution in [2.24, 2.45) is 0 Å². The molecule has 0 aliphatic carbocycles. The molecule has 0 saturated carbocycles. The first kappa shape index (κ1) is 13.9. The Hall–Kier alpha value is -3.03. The maximum absolute atomic E-state index is 12.4. The molecule has 0 saturated heterocycles. The molecule has 0 bridgehead atoms. The molecule has 1 amide bonds. The Balaban J connectivity index is 1.83. The van der Waals surface area contributed by atoms with Gasteiger partial charge < -0.3 is 5.32 Å². The van der Waals surface area contributed by atoms with E-state index in [1.807, 2.05) is 6.92 Å². The normalized spacial score (nSPS) is 12.2. The van der Waals surface area contributed by atoms with E-state index in [4.69, 9.17) is 0 Å². The van der Waals surface area contributed by atoms with Gasteiger partial charge in [0.2, 0.25) is 0 Å². The fourth-order valence-corrected chi connectivity index (χ4v) is 2.23. The van der Waals surface area contributed by atoms with Crippen molar-refractivity contribution < 1.29 is 4.79 Å². The summed E-state index contributed by atoms with van der Waals surface area (Å²) in [5.41, 5.74) is -0.122. The van der Waals surface area contributed by atoms with Crippen molar-refractivity contribution in [3.05, 3.63) is 53.0 Å². The van der Waals surface area contributed by atoms with Gasteiger partial charge in [-0.3, -0.25) is 14.3 Å². The van der Waals surface area contributed by atoms with Crippen molar-refractivity contribution in [1.82, 2.24) is 30.3 Å². The molecule has 2 N–H and O–H groups in total. The Labute approximate surface area is 125 Å². The summed E-state index contributed by atoms with van der Waals surface area (Å²) in [5, 5.41) is 14.0. The van der Waals surface area contributed by atoms with Crippen LogP contribution in [0, 0.1) is 0 Å². The molecule has 112 valence electrons. The maximum atomic E-state index is 12.4. The second kappa shape index (κ2) is 5.76. The van der Waals surface area contributed by atoms with E-state index in [0.29, 0.717) is 17.3 Å². The van der Waals surface area contributed by atoms with Gasteiger partial charge >= 0.3 is 0 Å². The number of nitrogens with one attached hydrogen (secondary N) is 2. The molecule has 2 aromatic heterocycles. The van der Waals surface area contributed by atoms with Gasteiger partial charge in [0.15, 0.2) is 5.69 Å². The quantitative estimate of drug-likeness (QED) is 0.722. The fourth-order valence-electron chi connectivity index (χ4n) is 2.23. The summed E-state index contributed by atoms with van der Waals surface area (Å²) < 4.78 is 1.63. The summed E-state index contributed by atoms with van der Waals surface area (Å²) in [4.78, 5) is 27.9. The van der Waals surface area contributed by atoms with E-state index in [0.717, 1.165) is 0 Å². The van der Waals surface area contributed by atoms with Crippen LogP contribution in [0.2, 0.25) is 0 Å². The Morgan fingerprint density at radius 3 is 2.86 bits per heavy atom. The first-order valence-corrected chi connectivity index (χ1v) is 6.76. The number of fused-ring (bicyclic) bond motifs is 1. The molecule has 0 aliphatic rings. The van der Waals surface area contributed by atoms with Crippen molar-refractivity contribution in [2.75, 3.05) is 0 Å². The highest BCUT2D eigenvalue weighted by atomic mass is 16.2. The highest BCUT2D eigenvalue weighted by Gasteiger charge is 2.16. The predicted octanol–water partition coefficient (Wildman–Crippen LogP) is 0.333. The lowest BCUT2D eigenvalue weighted by Crippen LogP contribution is -2.36. The first-order chi connectivity index (χ1) is 10.6. The number of aromatic nitrogens is 5. The van der Waals surface area contributed by atoms with Crippen molar-refractivity contribution in [3.8, 4) is 0 Å². The van der Waals surface area contributed by atoms with Gasteiger partial charge in [0, 0.05) is 11.4 Å².